The summed E-state index contributed by atoms with van der Waals surface area (Å²) in [7, 11) is 0. The number of fused-ring (bicyclic) bond motifs is 1. The molecule has 1 amide bonds. The van der Waals surface area contributed by atoms with Gasteiger partial charge in [0, 0.05) is 31.6 Å². The van der Waals surface area contributed by atoms with E-state index in [1.54, 1.807) is 19.3 Å². The highest BCUT2D eigenvalue weighted by atomic mass is 16.5. The molecule has 7 heteroatoms. The molecule has 1 atom stereocenters. The van der Waals surface area contributed by atoms with Gasteiger partial charge in [0.25, 0.3) is 5.91 Å². The van der Waals surface area contributed by atoms with Gasteiger partial charge in [0.05, 0.1) is 18.2 Å². The Kier molecular flexibility index (Phi) is 6.02. The molecule has 0 radical (unpaired) electrons. The number of imidazole rings is 1. The Hall–Kier alpha value is -3.22. The molecule has 0 spiro atoms. The Morgan fingerprint density at radius 3 is 2.53 bits per heavy atom. The number of pyridine rings is 2. The number of nitrogens with zero attached hydrogens (tertiary/aromatic N) is 3. The van der Waals surface area contributed by atoms with E-state index in [2.05, 4.69) is 10.3 Å². The third-order valence-corrected chi connectivity index (χ3v) is 8.63. The fourth-order valence-corrected chi connectivity index (χ4v) is 7.58. The molecule has 4 aliphatic rings. The van der Waals surface area contributed by atoms with Crippen molar-refractivity contribution in [2.24, 2.45) is 23.2 Å². The van der Waals surface area contributed by atoms with Gasteiger partial charge >= 0.3 is 5.97 Å². The van der Waals surface area contributed by atoms with Crippen LogP contribution in [0.2, 0.25) is 0 Å². The van der Waals surface area contributed by atoms with Gasteiger partial charge in [-0.05, 0) is 92.4 Å². The molecule has 3 heterocycles. The second kappa shape index (κ2) is 9.34. The van der Waals surface area contributed by atoms with Crippen molar-refractivity contribution in [2.75, 3.05) is 13.2 Å². The van der Waals surface area contributed by atoms with Crippen LogP contribution in [-0.4, -0.2) is 39.4 Å². The summed E-state index contributed by atoms with van der Waals surface area (Å²) in [5.74, 6) is 1.72. The van der Waals surface area contributed by atoms with E-state index in [1.807, 2.05) is 40.9 Å². The summed E-state index contributed by atoms with van der Waals surface area (Å²) in [4.78, 5) is 35.0. The summed E-state index contributed by atoms with van der Waals surface area (Å²) in [5, 5.41) is 3.29. The molecule has 0 aromatic carbocycles. The van der Waals surface area contributed by atoms with Gasteiger partial charge in [-0.15, -0.1) is 0 Å². The summed E-state index contributed by atoms with van der Waals surface area (Å²) >= 11 is 0. The van der Waals surface area contributed by atoms with Crippen LogP contribution < -0.4 is 5.32 Å². The molecule has 4 bridgehead atoms. The minimum absolute atomic E-state index is 0.0607. The van der Waals surface area contributed by atoms with Crippen molar-refractivity contribution in [2.45, 2.75) is 57.8 Å². The molecule has 7 nitrogen and oxygen atoms in total. The van der Waals surface area contributed by atoms with Crippen molar-refractivity contribution in [1.82, 2.24) is 19.7 Å². The second-order valence-electron chi connectivity index (χ2n) is 11.3. The van der Waals surface area contributed by atoms with Crippen LogP contribution in [0.5, 0.6) is 0 Å². The van der Waals surface area contributed by atoms with E-state index in [9.17, 15) is 9.59 Å². The normalized spacial score (nSPS) is 27.2. The van der Waals surface area contributed by atoms with E-state index in [0.29, 0.717) is 24.4 Å². The van der Waals surface area contributed by atoms with Crippen LogP contribution >= 0.6 is 0 Å². The van der Waals surface area contributed by atoms with Crippen molar-refractivity contribution >= 4 is 17.5 Å². The number of rotatable bonds is 8. The largest absolute Gasteiger partial charge is 0.466 e. The third-order valence-electron chi connectivity index (χ3n) is 8.63. The lowest BCUT2D eigenvalue weighted by molar-refractivity contribution is -0.145. The molecule has 4 saturated carbocycles. The average molecular weight is 487 g/mol. The monoisotopic (exact) mass is 486 g/mol. The van der Waals surface area contributed by atoms with Crippen LogP contribution in [0.3, 0.4) is 0 Å². The molecule has 4 aliphatic carbocycles. The Bertz CT molecular complexity index is 1230. The Labute approximate surface area is 211 Å². The number of carbonyl (C=O) groups is 2. The SMILES string of the molecule is CCOC(=O)C(Cc1cn2c(C(=O)NCC34CC5CC(CC(C5)C3)C4)cccc2n1)c1cccnc1. The standard InChI is InChI=1S/C29H34N4O3/c1-2-36-28(35)24(22-5-4-8-30-16-22)12-23-17-33-25(6-3-7-26(33)32-23)27(34)31-18-29-13-19-9-20(14-29)11-21(10-19)15-29/h3-8,16-17,19-21,24H,2,9-15,18H2,1H3,(H,31,34). The molecular formula is C29H34N4O3. The van der Waals surface area contributed by atoms with E-state index in [-0.39, 0.29) is 17.3 Å². The molecule has 3 aromatic heterocycles. The van der Waals surface area contributed by atoms with Gasteiger partial charge in [-0.2, -0.15) is 0 Å². The Morgan fingerprint density at radius 1 is 1.11 bits per heavy atom. The summed E-state index contributed by atoms with van der Waals surface area (Å²) in [6.45, 7) is 2.88. The second-order valence-corrected chi connectivity index (χ2v) is 11.3. The highest BCUT2D eigenvalue weighted by molar-refractivity contribution is 5.93. The minimum Gasteiger partial charge on any atom is -0.466 e. The number of hydrogen-bond donors (Lipinski definition) is 1. The van der Waals surface area contributed by atoms with Gasteiger partial charge in [0.15, 0.2) is 0 Å². The summed E-state index contributed by atoms with van der Waals surface area (Å²) < 4.78 is 7.18. The van der Waals surface area contributed by atoms with Gasteiger partial charge in [-0.3, -0.25) is 19.0 Å². The van der Waals surface area contributed by atoms with Crippen LogP contribution in [0.25, 0.3) is 5.65 Å². The predicted molar refractivity (Wildman–Crippen MR) is 135 cm³/mol. The van der Waals surface area contributed by atoms with Crippen molar-refractivity contribution < 1.29 is 14.3 Å². The Balaban J connectivity index is 1.21. The molecule has 7 rings (SSSR count). The van der Waals surface area contributed by atoms with Gasteiger partial charge in [-0.25, -0.2) is 4.98 Å². The molecular weight excluding hydrogens is 452 g/mol. The lowest BCUT2D eigenvalue weighted by atomic mass is 9.49. The van der Waals surface area contributed by atoms with Crippen molar-refractivity contribution in [3.63, 3.8) is 0 Å². The van der Waals surface area contributed by atoms with Gasteiger partial charge in [-0.1, -0.05) is 12.1 Å². The quantitative estimate of drug-likeness (QED) is 0.472. The van der Waals surface area contributed by atoms with Crippen LogP contribution in [0.1, 0.15) is 73.1 Å². The van der Waals surface area contributed by atoms with E-state index in [0.717, 1.165) is 35.6 Å². The van der Waals surface area contributed by atoms with Crippen LogP contribution in [-0.2, 0) is 16.0 Å². The molecule has 1 unspecified atom stereocenters. The highest BCUT2D eigenvalue weighted by Gasteiger charge is 2.50. The summed E-state index contributed by atoms with van der Waals surface area (Å²) in [5.41, 5.74) is 3.08. The van der Waals surface area contributed by atoms with Crippen molar-refractivity contribution in [3.8, 4) is 0 Å². The third kappa shape index (κ3) is 4.40. The Morgan fingerprint density at radius 2 is 1.86 bits per heavy atom. The number of ether oxygens (including phenoxy) is 1. The predicted octanol–water partition coefficient (Wildman–Crippen LogP) is 4.56. The molecule has 188 valence electrons. The number of aromatic nitrogens is 3. The zero-order chi connectivity index (χ0) is 24.7. The van der Waals surface area contributed by atoms with E-state index < -0.39 is 5.92 Å². The van der Waals surface area contributed by atoms with Gasteiger partial charge in [0.2, 0.25) is 0 Å². The molecule has 36 heavy (non-hydrogen) atoms. The number of esters is 1. The van der Waals surface area contributed by atoms with Crippen LogP contribution in [0.15, 0.2) is 48.9 Å². The van der Waals surface area contributed by atoms with E-state index >= 15 is 0 Å². The first-order valence-corrected chi connectivity index (χ1v) is 13.3. The van der Waals surface area contributed by atoms with Crippen molar-refractivity contribution in [1.29, 1.82) is 0 Å². The fourth-order valence-electron chi connectivity index (χ4n) is 7.58. The minimum atomic E-state index is -0.503. The van der Waals surface area contributed by atoms with Crippen LogP contribution in [0.4, 0.5) is 0 Å². The number of nitrogens with one attached hydrogen (secondary N) is 1. The maximum atomic E-state index is 13.4. The topological polar surface area (TPSA) is 85.6 Å². The van der Waals surface area contributed by atoms with E-state index in [1.165, 1.54) is 38.5 Å². The van der Waals surface area contributed by atoms with Gasteiger partial charge in [0.1, 0.15) is 11.3 Å². The lowest BCUT2D eigenvalue weighted by Gasteiger charge is -2.56. The molecule has 4 fully saturated rings. The average Bonchev–Trinajstić information content (AvgIpc) is 3.29. The van der Waals surface area contributed by atoms with Crippen LogP contribution in [0, 0.1) is 23.2 Å². The first kappa shape index (κ1) is 23.2. The molecule has 0 aliphatic heterocycles. The maximum absolute atomic E-state index is 13.4. The number of hydrogen-bond acceptors (Lipinski definition) is 5. The lowest BCUT2D eigenvalue weighted by Crippen LogP contribution is -2.51. The smallest absolute Gasteiger partial charge is 0.313 e. The first-order valence-electron chi connectivity index (χ1n) is 13.3. The van der Waals surface area contributed by atoms with E-state index in [4.69, 9.17) is 9.72 Å². The summed E-state index contributed by atoms with van der Waals surface area (Å²) in [6.07, 6.45) is 13.6. The molecule has 3 aromatic rings. The van der Waals surface area contributed by atoms with Crippen molar-refractivity contribution in [3.05, 3.63) is 65.9 Å². The zero-order valence-corrected chi connectivity index (χ0v) is 20.9. The fraction of sp³-hybridized carbons (Fsp3) is 0.517. The number of carbonyl (C=O) groups excluding carboxylic acids is 2. The maximum Gasteiger partial charge on any atom is 0.313 e. The zero-order valence-electron chi connectivity index (χ0n) is 20.9. The summed E-state index contributed by atoms with van der Waals surface area (Å²) in [6, 6.07) is 9.31. The number of amides is 1. The molecule has 1 N–H and O–H groups in total. The highest BCUT2D eigenvalue weighted by Crippen LogP contribution is 2.59. The van der Waals surface area contributed by atoms with Gasteiger partial charge < -0.3 is 10.1 Å². The molecule has 0 saturated heterocycles. The first-order chi connectivity index (χ1) is 17.5.